The van der Waals surface area contributed by atoms with Gasteiger partial charge in [0, 0.05) is 0 Å². The lowest BCUT2D eigenvalue weighted by Crippen LogP contribution is -2.60. The summed E-state index contributed by atoms with van der Waals surface area (Å²) >= 11 is 0. The van der Waals surface area contributed by atoms with E-state index in [-0.39, 0.29) is 0 Å². The second kappa shape index (κ2) is 5.90. The van der Waals surface area contributed by atoms with Crippen LogP contribution in [0.4, 0.5) is 0 Å². The van der Waals surface area contributed by atoms with Crippen molar-refractivity contribution in [3.8, 4) is 0 Å². The van der Waals surface area contributed by atoms with Gasteiger partial charge < -0.3 is 16.5 Å². The summed E-state index contributed by atoms with van der Waals surface area (Å²) in [4.78, 5) is 0. The van der Waals surface area contributed by atoms with Gasteiger partial charge in [0.1, 0.15) is 0 Å². The van der Waals surface area contributed by atoms with Gasteiger partial charge in [0.2, 0.25) is 0 Å². The summed E-state index contributed by atoms with van der Waals surface area (Å²) in [7, 11) is -8.12. The first-order valence-electron chi connectivity index (χ1n) is 6.41. The van der Waals surface area contributed by atoms with Gasteiger partial charge in [0.15, 0.2) is 0 Å². The highest BCUT2D eigenvalue weighted by Gasteiger charge is 2.47. The SMILES string of the molecule is C=CC(C)=C[Si]1O[Si](C)(C)O[Si](C)(C)O[Si](C)(C)O1. The quantitative estimate of drug-likeness (QED) is 0.574. The van der Waals surface area contributed by atoms with Crippen LogP contribution in [0.3, 0.4) is 0 Å². The third-order valence-electron chi connectivity index (χ3n) is 2.34. The lowest BCUT2D eigenvalue weighted by molar-refractivity contribution is 0.254. The van der Waals surface area contributed by atoms with Gasteiger partial charge in [-0.25, -0.2) is 0 Å². The van der Waals surface area contributed by atoms with E-state index < -0.39 is 35.0 Å². The van der Waals surface area contributed by atoms with Crippen LogP contribution in [0.15, 0.2) is 23.9 Å². The van der Waals surface area contributed by atoms with Crippen LogP contribution in [0.1, 0.15) is 6.92 Å². The van der Waals surface area contributed by atoms with Crippen molar-refractivity contribution in [2.45, 2.75) is 46.2 Å². The van der Waals surface area contributed by atoms with Crippen molar-refractivity contribution in [2.75, 3.05) is 0 Å². The van der Waals surface area contributed by atoms with E-state index in [2.05, 4.69) is 45.9 Å². The molecule has 0 unspecified atom stereocenters. The van der Waals surface area contributed by atoms with Crippen molar-refractivity contribution in [3.63, 3.8) is 0 Å². The van der Waals surface area contributed by atoms with Crippen LogP contribution >= 0.6 is 0 Å². The molecule has 0 aromatic heterocycles. The van der Waals surface area contributed by atoms with Crippen molar-refractivity contribution in [2.24, 2.45) is 0 Å². The van der Waals surface area contributed by atoms with Crippen LogP contribution in [0, 0.1) is 0 Å². The fourth-order valence-corrected chi connectivity index (χ4v) is 18.5. The van der Waals surface area contributed by atoms with E-state index >= 15 is 0 Å². The molecule has 19 heavy (non-hydrogen) atoms. The highest BCUT2D eigenvalue weighted by atomic mass is 28.5. The van der Waals surface area contributed by atoms with Crippen molar-refractivity contribution in [1.82, 2.24) is 0 Å². The molecule has 0 aromatic carbocycles. The Hall–Kier alpha value is 0.188. The first-order valence-corrected chi connectivity index (χ1v) is 16.3. The molecule has 0 aromatic rings. The molecule has 0 amide bonds. The fourth-order valence-electron chi connectivity index (χ4n) is 2.06. The van der Waals surface area contributed by atoms with Gasteiger partial charge in [0.25, 0.3) is 0 Å². The number of hydrogen-bond donors (Lipinski definition) is 0. The maximum atomic E-state index is 6.21. The molecule has 0 bridgehead atoms. The normalized spacial score (nSPS) is 27.4. The molecule has 1 saturated heterocycles. The van der Waals surface area contributed by atoms with Crippen LogP contribution in [-0.4, -0.2) is 35.0 Å². The minimum absolute atomic E-state index is 1.07. The van der Waals surface area contributed by atoms with E-state index in [0.717, 1.165) is 5.57 Å². The molecule has 8 heteroatoms. The minimum atomic E-state index is -2.21. The van der Waals surface area contributed by atoms with Gasteiger partial charge in [0.05, 0.1) is 0 Å². The summed E-state index contributed by atoms with van der Waals surface area (Å²) in [5, 5.41) is 0. The Morgan fingerprint density at radius 1 is 0.895 bits per heavy atom. The number of hydrogen-bond acceptors (Lipinski definition) is 4. The Morgan fingerprint density at radius 3 is 1.68 bits per heavy atom. The van der Waals surface area contributed by atoms with Crippen LogP contribution in [0.5, 0.6) is 0 Å². The molecular weight excluding hydrogens is 308 g/mol. The predicted octanol–water partition coefficient (Wildman–Crippen LogP) is 3.33. The maximum absolute atomic E-state index is 6.21. The molecule has 4 nitrogen and oxygen atoms in total. The fraction of sp³-hybridized carbons (Fsp3) is 0.636. The zero-order valence-corrected chi connectivity index (χ0v) is 17.0. The van der Waals surface area contributed by atoms with Gasteiger partial charge >= 0.3 is 35.0 Å². The van der Waals surface area contributed by atoms with Gasteiger partial charge in [-0.3, -0.25) is 0 Å². The third kappa shape index (κ3) is 6.00. The molecule has 0 saturated carbocycles. The van der Waals surface area contributed by atoms with Crippen LogP contribution in [0.2, 0.25) is 39.3 Å². The number of rotatable bonds is 2. The van der Waals surface area contributed by atoms with Crippen LogP contribution in [0.25, 0.3) is 0 Å². The van der Waals surface area contributed by atoms with Gasteiger partial charge in [-0.2, -0.15) is 0 Å². The molecule has 1 aliphatic heterocycles. The first kappa shape index (κ1) is 17.2. The van der Waals surface area contributed by atoms with Crippen LogP contribution < -0.4 is 0 Å². The van der Waals surface area contributed by atoms with E-state index in [0.29, 0.717) is 0 Å². The minimum Gasteiger partial charge on any atom is -0.416 e. The molecule has 1 radical (unpaired) electrons. The zero-order valence-electron chi connectivity index (χ0n) is 13.0. The summed E-state index contributed by atoms with van der Waals surface area (Å²) in [6.45, 7) is 18.1. The topological polar surface area (TPSA) is 36.9 Å². The van der Waals surface area contributed by atoms with Crippen molar-refractivity contribution >= 4 is 35.0 Å². The van der Waals surface area contributed by atoms with E-state index in [4.69, 9.17) is 16.5 Å². The second-order valence-electron chi connectivity index (χ2n) is 6.02. The summed E-state index contributed by atoms with van der Waals surface area (Å²) < 4.78 is 24.8. The summed E-state index contributed by atoms with van der Waals surface area (Å²) in [5.41, 5.74) is 3.11. The molecule has 0 aliphatic carbocycles. The zero-order chi connectivity index (χ0) is 14.9. The summed E-state index contributed by atoms with van der Waals surface area (Å²) in [5.74, 6) is 0. The van der Waals surface area contributed by atoms with Crippen molar-refractivity contribution in [1.29, 1.82) is 0 Å². The Labute approximate surface area is 122 Å². The van der Waals surface area contributed by atoms with E-state index in [1.807, 2.05) is 18.7 Å². The van der Waals surface area contributed by atoms with E-state index in [1.165, 1.54) is 0 Å². The molecule has 1 fully saturated rings. The molecule has 1 aliphatic rings. The largest absolute Gasteiger partial charge is 0.416 e. The average molecular weight is 334 g/mol. The second-order valence-corrected chi connectivity index (χ2v) is 18.6. The van der Waals surface area contributed by atoms with Gasteiger partial charge in [-0.05, 0) is 51.9 Å². The van der Waals surface area contributed by atoms with Crippen molar-refractivity contribution in [3.05, 3.63) is 23.9 Å². The Kier molecular flexibility index (Phi) is 5.35. The van der Waals surface area contributed by atoms with Gasteiger partial charge in [-0.15, -0.1) is 0 Å². The standard InChI is InChI=1S/C11H25O4Si4/c1-9-11(2)10-16-12-17(3,4)14-19(7,8)15-18(5,6)13-16/h9-10H,1H2,2-8H3. The van der Waals surface area contributed by atoms with Gasteiger partial charge in [-0.1, -0.05) is 18.2 Å². The molecule has 109 valence electrons. The van der Waals surface area contributed by atoms with Crippen molar-refractivity contribution < 1.29 is 16.5 Å². The average Bonchev–Trinajstić information content (AvgIpc) is 2.09. The van der Waals surface area contributed by atoms with E-state index in [1.54, 1.807) is 0 Å². The molecule has 0 N–H and O–H groups in total. The Bertz CT molecular complexity index is 357. The van der Waals surface area contributed by atoms with E-state index in [9.17, 15) is 0 Å². The first-order chi connectivity index (χ1) is 8.45. The monoisotopic (exact) mass is 333 g/mol. The van der Waals surface area contributed by atoms with Crippen LogP contribution in [-0.2, 0) is 16.5 Å². The highest BCUT2D eigenvalue weighted by molar-refractivity contribution is 6.90. The summed E-state index contributed by atoms with van der Waals surface area (Å²) in [6, 6.07) is 0. The summed E-state index contributed by atoms with van der Waals surface area (Å²) in [6.07, 6.45) is 1.81. The lowest BCUT2D eigenvalue weighted by atomic mass is 10.4. The molecular formula is C11H25O4Si4. The number of allylic oxidation sites excluding steroid dienone is 2. The molecule has 1 heterocycles. The highest BCUT2D eigenvalue weighted by Crippen LogP contribution is 2.26. The Balaban J connectivity index is 3.01. The molecule has 1 rings (SSSR count). The Morgan fingerprint density at radius 2 is 1.32 bits per heavy atom. The molecule has 0 spiro atoms. The third-order valence-corrected chi connectivity index (χ3v) is 16.4. The lowest BCUT2D eigenvalue weighted by Gasteiger charge is -2.42. The molecule has 0 atom stereocenters. The maximum Gasteiger partial charge on any atom is 0.397 e. The smallest absolute Gasteiger partial charge is 0.397 e. The predicted molar refractivity (Wildman–Crippen MR) is 86.5 cm³/mol.